The van der Waals surface area contributed by atoms with E-state index in [1.54, 1.807) is 0 Å². The molecule has 0 fully saturated rings. The third-order valence-electron chi connectivity index (χ3n) is 4.25. The number of benzene rings is 1. The van der Waals surface area contributed by atoms with Crippen LogP contribution >= 0.6 is 0 Å². The van der Waals surface area contributed by atoms with E-state index in [1.807, 2.05) is 0 Å². The van der Waals surface area contributed by atoms with Crippen molar-refractivity contribution in [3.63, 3.8) is 0 Å². The molecule has 0 saturated carbocycles. The minimum absolute atomic E-state index is 0.650. The molecule has 2 N–H and O–H groups in total. The Bertz CT molecular complexity index is 328. The van der Waals surface area contributed by atoms with Crippen molar-refractivity contribution in [3.05, 3.63) is 35.4 Å². The van der Waals surface area contributed by atoms with Gasteiger partial charge in [0.25, 0.3) is 0 Å². The largest absolute Gasteiger partial charge is 0.326 e. The standard InChI is InChI=1S/C19H33N/c1-3-5-7-9-11-18(10-8-6-4-2)19-14-12-17(16-20)13-15-19/h12-15,18H,3-11,16,20H2,1-2H3. The van der Waals surface area contributed by atoms with Crippen molar-refractivity contribution in [2.45, 2.75) is 84.1 Å². The van der Waals surface area contributed by atoms with Gasteiger partial charge < -0.3 is 5.73 Å². The van der Waals surface area contributed by atoms with Crippen molar-refractivity contribution in [3.8, 4) is 0 Å². The second kappa shape index (κ2) is 10.9. The summed E-state index contributed by atoms with van der Waals surface area (Å²) in [7, 11) is 0. The lowest BCUT2D eigenvalue weighted by Gasteiger charge is -2.18. The minimum atomic E-state index is 0.650. The predicted molar refractivity (Wildman–Crippen MR) is 90.0 cm³/mol. The fourth-order valence-corrected chi connectivity index (χ4v) is 2.86. The Kier molecular flexibility index (Phi) is 9.40. The Morgan fingerprint density at radius 3 is 1.90 bits per heavy atom. The molecule has 20 heavy (non-hydrogen) atoms. The zero-order chi connectivity index (χ0) is 14.6. The summed E-state index contributed by atoms with van der Waals surface area (Å²) in [6.45, 7) is 5.22. The Morgan fingerprint density at radius 1 is 0.800 bits per heavy atom. The lowest BCUT2D eigenvalue weighted by atomic mass is 9.88. The van der Waals surface area contributed by atoms with E-state index >= 15 is 0 Å². The highest BCUT2D eigenvalue weighted by Crippen LogP contribution is 2.28. The van der Waals surface area contributed by atoms with Gasteiger partial charge in [0, 0.05) is 6.54 Å². The van der Waals surface area contributed by atoms with E-state index in [4.69, 9.17) is 5.73 Å². The van der Waals surface area contributed by atoms with Crippen molar-refractivity contribution in [2.24, 2.45) is 5.73 Å². The lowest BCUT2D eigenvalue weighted by Crippen LogP contribution is -2.01. The smallest absolute Gasteiger partial charge is 0.0178 e. The van der Waals surface area contributed by atoms with E-state index in [1.165, 1.54) is 68.9 Å². The molecule has 0 radical (unpaired) electrons. The molecule has 0 saturated heterocycles. The van der Waals surface area contributed by atoms with Crippen molar-refractivity contribution in [1.82, 2.24) is 0 Å². The number of hydrogen-bond donors (Lipinski definition) is 1. The molecule has 1 rings (SSSR count). The van der Waals surface area contributed by atoms with Crippen molar-refractivity contribution in [2.75, 3.05) is 0 Å². The molecule has 0 aliphatic rings. The normalized spacial score (nSPS) is 12.6. The highest BCUT2D eigenvalue weighted by atomic mass is 14.5. The van der Waals surface area contributed by atoms with Crippen LogP contribution in [0.2, 0.25) is 0 Å². The number of rotatable bonds is 11. The van der Waals surface area contributed by atoms with Gasteiger partial charge in [-0.25, -0.2) is 0 Å². The average molecular weight is 275 g/mol. The molecule has 1 heteroatoms. The molecule has 0 spiro atoms. The summed E-state index contributed by atoms with van der Waals surface area (Å²) in [4.78, 5) is 0. The van der Waals surface area contributed by atoms with Crippen molar-refractivity contribution >= 4 is 0 Å². The van der Waals surface area contributed by atoms with Crippen LogP contribution in [0.5, 0.6) is 0 Å². The van der Waals surface area contributed by atoms with Gasteiger partial charge in [-0.15, -0.1) is 0 Å². The Hall–Kier alpha value is -0.820. The van der Waals surface area contributed by atoms with Crippen molar-refractivity contribution in [1.29, 1.82) is 0 Å². The Labute approximate surface area is 126 Å². The Morgan fingerprint density at radius 2 is 1.35 bits per heavy atom. The maximum atomic E-state index is 5.69. The molecule has 0 bridgehead atoms. The summed E-state index contributed by atoms with van der Waals surface area (Å²) in [6.07, 6.45) is 12.2. The zero-order valence-corrected chi connectivity index (χ0v) is 13.5. The first kappa shape index (κ1) is 17.2. The minimum Gasteiger partial charge on any atom is -0.326 e. The summed E-state index contributed by atoms with van der Waals surface area (Å²) >= 11 is 0. The third kappa shape index (κ3) is 6.56. The molecule has 1 aromatic rings. The van der Waals surface area contributed by atoms with E-state index in [2.05, 4.69) is 38.1 Å². The molecular weight excluding hydrogens is 242 g/mol. The molecule has 1 atom stereocenters. The fraction of sp³-hybridized carbons (Fsp3) is 0.684. The molecule has 0 heterocycles. The van der Waals surface area contributed by atoms with Gasteiger partial charge in [-0.1, -0.05) is 83.1 Å². The van der Waals surface area contributed by atoms with Crippen LogP contribution in [0.25, 0.3) is 0 Å². The van der Waals surface area contributed by atoms with Gasteiger partial charge in [-0.05, 0) is 29.9 Å². The number of nitrogens with two attached hydrogens (primary N) is 1. The maximum absolute atomic E-state index is 5.69. The maximum Gasteiger partial charge on any atom is 0.0178 e. The topological polar surface area (TPSA) is 26.0 Å². The van der Waals surface area contributed by atoms with Gasteiger partial charge in [-0.2, -0.15) is 0 Å². The average Bonchev–Trinajstić information content (AvgIpc) is 2.50. The van der Waals surface area contributed by atoms with Gasteiger partial charge in [0.2, 0.25) is 0 Å². The molecule has 1 aromatic carbocycles. The van der Waals surface area contributed by atoms with E-state index in [0.29, 0.717) is 6.54 Å². The van der Waals surface area contributed by atoms with Crippen molar-refractivity contribution < 1.29 is 0 Å². The molecule has 1 nitrogen and oxygen atoms in total. The summed E-state index contributed by atoms with van der Waals surface area (Å²) < 4.78 is 0. The van der Waals surface area contributed by atoms with Crippen LogP contribution in [-0.4, -0.2) is 0 Å². The third-order valence-corrected chi connectivity index (χ3v) is 4.25. The summed E-state index contributed by atoms with van der Waals surface area (Å²) in [6, 6.07) is 9.01. The van der Waals surface area contributed by atoms with Crippen LogP contribution in [-0.2, 0) is 6.54 Å². The van der Waals surface area contributed by atoms with E-state index < -0.39 is 0 Å². The number of unbranched alkanes of at least 4 members (excludes halogenated alkanes) is 5. The second-order valence-corrected chi connectivity index (χ2v) is 5.99. The molecule has 0 aromatic heterocycles. The predicted octanol–water partition coefficient (Wildman–Crippen LogP) is 5.78. The zero-order valence-electron chi connectivity index (χ0n) is 13.5. The molecular formula is C19H33N. The summed E-state index contributed by atoms with van der Waals surface area (Å²) in [5.74, 6) is 0.755. The fourth-order valence-electron chi connectivity index (χ4n) is 2.86. The second-order valence-electron chi connectivity index (χ2n) is 5.99. The van der Waals surface area contributed by atoms with Crippen LogP contribution in [0.15, 0.2) is 24.3 Å². The Balaban J connectivity index is 2.54. The monoisotopic (exact) mass is 275 g/mol. The lowest BCUT2D eigenvalue weighted by molar-refractivity contribution is 0.501. The highest BCUT2D eigenvalue weighted by molar-refractivity contribution is 5.25. The van der Waals surface area contributed by atoms with Crippen LogP contribution in [0.1, 0.15) is 88.7 Å². The van der Waals surface area contributed by atoms with Gasteiger partial charge in [0.15, 0.2) is 0 Å². The molecule has 1 unspecified atom stereocenters. The van der Waals surface area contributed by atoms with E-state index in [-0.39, 0.29) is 0 Å². The first-order chi connectivity index (χ1) is 9.81. The quantitative estimate of drug-likeness (QED) is 0.509. The first-order valence-electron chi connectivity index (χ1n) is 8.60. The molecule has 0 aliphatic carbocycles. The molecule has 0 amide bonds. The molecule has 114 valence electrons. The molecule has 0 aliphatic heterocycles. The highest BCUT2D eigenvalue weighted by Gasteiger charge is 2.11. The van der Waals surface area contributed by atoms with Crippen LogP contribution in [0.4, 0.5) is 0 Å². The van der Waals surface area contributed by atoms with Gasteiger partial charge in [-0.3, -0.25) is 0 Å². The van der Waals surface area contributed by atoms with E-state index in [0.717, 1.165) is 5.92 Å². The SMILES string of the molecule is CCCCCCC(CCCCC)c1ccc(CN)cc1. The van der Waals surface area contributed by atoms with Crippen LogP contribution < -0.4 is 5.73 Å². The van der Waals surface area contributed by atoms with Gasteiger partial charge in [0.1, 0.15) is 0 Å². The van der Waals surface area contributed by atoms with Gasteiger partial charge >= 0.3 is 0 Å². The number of hydrogen-bond acceptors (Lipinski definition) is 1. The van der Waals surface area contributed by atoms with E-state index in [9.17, 15) is 0 Å². The van der Waals surface area contributed by atoms with Crippen LogP contribution in [0.3, 0.4) is 0 Å². The van der Waals surface area contributed by atoms with Gasteiger partial charge in [0.05, 0.1) is 0 Å². The first-order valence-corrected chi connectivity index (χ1v) is 8.60. The summed E-state index contributed by atoms with van der Waals surface area (Å²) in [5, 5.41) is 0. The van der Waals surface area contributed by atoms with Crippen LogP contribution in [0, 0.1) is 0 Å². The summed E-state index contributed by atoms with van der Waals surface area (Å²) in [5.41, 5.74) is 8.45.